The second-order valence-corrected chi connectivity index (χ2v) is 4.30. The average molecular weight is 191 g/mol. The highest BCUT2D eigenvalue weighted by Gasteiger charge is 2.22. The van der Waals surface area contributed by atoms with E-state index in [9.17, 15) is 14.7 Å². The monoisotopic (exact) mass is 191 g/mol. The lowest BCUT2D eigenvalue weighted by molar-refractivity contribution is -0.387. The molecule has 1 rings (SSSR count). The van der Waals surface area contributed by atoms with Crippen molar-refractivity contribution in [2.24, 2.45) is 0 Å². The number of hydrogen-bond donors (Lipinski definition) is 0. The summed E-state index contributed by atoms with van der Waals surface area (Å²) >= 11 is -0.109. The molecule has 0 saturated carbocycles. The van der Waals surface area contributed by atoms with Gasteiger partial charge in [-0.3, -0.25) is 10.1 Å². The molecule has 0 spiro atoms. The van der Waals surface area contributed by atoms with Gasteiger partial charge in [-0.15, -0.1) is 0 Å². The third-order valence-electron chi connectivity index (χ3n) is 1.07. The van der Waals surface area contributed by atoms with Crippen LogP contribution in [0.25, 0.3) is 0 Å². The average Bonchev–Trinajstić information content (AvgIpc) is 2.32. The first-order valence-electron chi connectivity index (χ1n) is 2.68. The molecule has 0 fully saturated rings. The summed E-state index contributed by atoms with van der Waals surface area (Å²) < 4.78 is 11.2. The molecule has 1 aromatic heterocycles. The van der Waals surface area contributed by atoms with Crippen molar-refractivity contribution < 1.29 is 9.48 Å². The topological polar surface area (TPSA) is 66.2 Å². The summed E-state index contributed by atoms with van der Waals surface area (Å²) in [5.74, 6) is 0. The molecule has 0 saturated heterocycles. The molecule has 1 aromatic rings. The van der Waals surface area contributed by atoms with Crippen LogP contribution < -0.4 is 0 Å². The van der Waals surface area contributed by atoms with Gasteiger partial charge in [0, 0.05) is 11.4 Å². The van der Waals surface area contributed by atoms with Crippen LogP contribution in [0.5, 0.6) is 0 Å². The fraction of sp³-hybridized carbons (Fsp3) is 0.200. The van der Waals surface area contributed by atoms with Gasteiger partial charge in [-0.2, -0.15) is 0 Å². The van der Waals surface area contributed by atoms with Crippen LogP contribution in [0.2, 0.25) is 0 Å². The Morgan fingerprint density at radius 3 is 2.73 bits per heavy atom. The van der Waals surface area contributed by atoms with Crippen molar-refractivity contribution in [1.82, 2.24) is 0 Å². The second-order valence-electron chi connectivity index (χ2n) is 1.80. The van der Waals surface area contributed by atoms with E-state index in [0.29, 0.717) is 4.21 Å². The van der Waals surface area contributed by atoms with Gasteiger partial charge in [0.25, 0.3) is 4.21 Å². The summed E-state index contributed by atoms with van der Waals surface area (Å²) in [5, 5.41) is 11.8. The fourth-order valence-electron chi connectivity index (χ4n) is 0.639. The first-order chi connectivity index (χ1) is 5.13. The van der Waals surface area contributed by atoms with Gasteiger partial charge in [-0.25, -0.2) is 0 Å². The summed E-state index contributed by atoms with van der Waals surface area (Å²) in [7, 11) is 0. The lowest BCUT2D eigenvalue weighted by Crippen LogP contribution is -1.98. The SMILES string of the molecule is C[S+]([O-])c1sccc1[N+](=O)[O-]. The van der Waals surface area contributed by atoms with Crippen LogP contribution in [-0.2, 0) is 11.2 Å². The lowest BCUT2D eigenvalue weighted by atomic mass is 10.6. The third-order valence-corrected chi connectivity index (χ3v) is 3.49. The van der Waals surface area contributed by atoms with Gasteiger partial charge >= 0.3 is 5.69 Å². The maximum absolute atomic E-state index is 10.8. The van der Waals surface area contributed by atoms with Crippen LogP contribution in [0.1, 0.15) is 0 Å². The minimum Gasteiger partial charge on any atom is -0.611 e. The maximum atomic E-state index is 10.8. The van der Waals surface area contributed by atoms with Crippen molar-refractivity contribution in [2.75, 3.05) is 6.26 Å². The zero-order valence-corrected chi connectivity index (χ0v) is 7.28. The minimum atomic E-state index is -1.25. The quantitative estimate of drug-likeness (QED) is 0.403. The van der Waals surface area contributed by atoms with E-state index in [-0.39, 0.29) is 5.69 Å². The number of nitrogens with zero attached hydrogens (tertiary/aromatic N) is 1. The van der Waals surface area contributed by atoms with Gasteiger partial charge in [0.1, 0.15) is 6.26 Å². The van der Waals surface area contributed by atoms with Crippen LogP contribution in [0.4, 0.5) is 5.69 Å². The standard InChI is InChI=1S/C5H5NO3S2/c1-11(9)5-4(6(7)8)2-3-10-5/h2-3H,1H3. The maximum Gasteiger partial charge on any atom is 0.335 e. The Kier molecular flexibility index (Phi) is 2.48. The molecular formula is C5H5NO3S2. The van der Waals surface area contributed by atoms with E-state index in [1.807, 2.05) is 0 Å². The lowest BCUT2D eigenvalue weighted by Gasteiger charge is -1.98. The molecule has 6 heteroatoms. The van der Waals surface area contributed by atoms with E-state index in [1.165, 1.54) is 12.3 Å². The summed E-state index contributed by atoms with van der Waals surface area (Å²) in [4.78, 5) is 9.74. The predicted molar refractivity (Wildman–Crippen MR) is 43.3 cm³/mol. The number of nitro groups is 1. The van der Waals surface area contributed by atoms with Gasteiger partial charge in [-0.1, -0.05) is 11.3 Å². The zero-order valence-electron chi connectivity index (χ0n) is 5.64. The number of thiophene rings is 1. The molecule has 4 nitrogen and oxygen atoms in total. The summed E-state index contributed by atoms with van der Waals surface area (Å²) in [6.45, 7) is 0. The van der Waals surface area contributed by atoms with Gasteiger partial charge in [0.05, 0.1) is 4.92 Å². The summed E-state index contributed by atoms with van der Waals surface area (Å²) in [5.41, 5.74) is -0.0455. The van der Waals surface area contributed by atoms with Crippen LogP contribution >= 0.6 is 11.3 Å². The van der Waals surface area contributed by atoms with E-state index >= 15 is 0 Å². The van der Waals surface area contributed by atoms with Crippen LogP contribution in [0, 0.1) is 10.1 Å². The Bertz CT molecular complexity index is 270. The molecule has 0 aromatic carbocycles. The fourth-order valence-corrected chi connectivity index (χ4v) is 2.37. The normalized spacial score (nSPS) is 12.9. The van der Waals surface area contributed by atoms with E-state index in [0.717, 1.165) is 11.3 Å². The number of rotatable bonds is 2. The second kappa shape index (κ2) is 3.21. The first kappa shape index (κ1) is 8.51. The van der Waals surface area contributed by atoms with E-state index in [2.05, 4.69) is 0 Å². The largest absolute Gasteiger partial charge is 0.611 e. The van der Waals surface area contributed by atoms with Crippen molar-refractivity contribution in [2.45, 2.75) is 4.21 Å². The van der Waals surface area contributed by atoms with Crippen LogP contribution in [-0.4, -0.2) is 15.7 Å². The van der Waals surface area contributed by atoms with E-state index < -0.39 is 16.1 Å². The molecule has 1 heterocycles. The molecule has 0 bridgehead atoms. The Morgan fingerprint density at radius 2 is 2.36 bits per heavy atom. The highest BCUT2D eigenvalue weighted by molar-refractivity contribution is 7.92. The Hall–Kier alpha value is -0.590. The van der Waals surface area contributed by atoms with Gasteiger partial charge in [-0.05, 0) is 11.2 Å². The Morgan fingerprint density at radius 1 is 1.73 bits per heavy atom. The zero-order chi connectivity index (χ0) is 8.43. The molecule has 0 aliphatic heterocycles. The van der Waals surface area contributed by atoms with Crippen molar-refractivity contribution >= 4 is 28.2 Å². The predicted octanol–water partition coefficient (Wildman–Crippen LogP) is 1.39. The Balaban J connectivity index is 3.06. The first-order valence-corrected chi connectivity index (χ1v) is 5.12. The minimum absolute atomic E-state index is 0.0455. The van der Waals surface area contributed by atoms with Crippen molar-refractivity contribution in [3.05, 3.63) is 21.6 Å². The highest BCUT2D eigenvalue weighted by Crippen LogP contribution is 2.28. The van der Waals surface area contributed by atoms with E-state index in [4.69, 9.17) is 0 Å². The molecule has 0 radical (unpaired) electrons. The molecule has 1 atom stereocenters. The molecule has 60 valence electrons. The highest BCUT2D eigenvalue weighted by atomic mass is 32.2. The third kappa shape index (κ3) is 1.70. The van der Waals surface area contributed by atoms with Crippen molar-refractivity contribution in [3.8, 4) is 0 Å². The molecule has 1 unspecified atom stereocenters. The van der Waals surface area contributed by atoms with Gasteiger partial charge in [0.15, 0.2) is 0 Å². The van der Waals surface area contributed by atoms with Crippen molar-refractivity contribution in [1.29, 1.82) is 0 Å². The summed E-state index contributed by atoms with van der Waals surface area (Å²) in [6.07, 6.45) is 1.43. The molecular weight excluding hydrogens is 186 g/mol. The van der Waals surface area contributed by atoms with Gasteiger partial charge in [0.2, 0.25) is 0 Å². The van der Waals surface area contributed by atoms with Gasteiger partial charge < -0.3 is 4.55 Å². The smallest absolute Gasteiger partial charge is 0.335 e. The van der Waals surface area contributed by atoms with Crippen LogP contribution in [0.3, 0.4) is 0 Å². The molecule has 11 heavy (non-hydrogen) atoms. The molecule has 0 amide bonds. The van der Waals surface area contributed by atoms with E-state index in [1.54, 1.807) is 5.38 Å². The summed E-state index contributed by atoms with van der Waals surface area (Å²) in [6, 6.07) is 1.36. The van der Waals surface area contributed by atoms with Crippen molar-refractivity contribution in [3.63, 3.8) is 0 Å². The number of hydrogen-bond acceptors (Lipinski definition) is 4. The molecule has 0 N–H and O–H groups in total. The Labute approximate surface area is 70.2 Å². The molecule has 0 aliphatic carbocycles. The van der Waals surface area contributed by atoms with Crippen LogP contribution in [0.15, 0.2) is 15.7 Å². The molecule has 0 aliphatic rings.